The van der Waals surface area contributed by atoms with Crippen molar-refractivity contribution in [1.82, 2.24) is 15.4 Å². The maximum atomic E-state index is 12.3. The molecule has 0 radical (unpaired) electrons. The van der Waals surface area contributed by atoms with Crippen molar-refractivity contribution in [2.75, 3.05) is 10.6 Å². The van der Waals surface area contributed by atoms with Crippen LogP contribution in [-0.2, 0) is 6.42 Å². The second kappa shape index (κ2) is 6.91. The molecular weight excluding hydrogens is 306 g/mol. The molecule has 3 aromatic rings. The zero-order chi connectivity index (χ0) is 16.9. The van der Waals surface area contributed by atoms with Crippen molar-refractivity contribution < 1.29 is 9.32 Å². The predicted octanol–water partition coefficient (Wildman–Crippen LogP) is 3.33. The van der Waals surface area contributed by atoms with Crippen molar-refractivity contribution in [2.24, 2.45) is 0 Å². The average Bonchev–Trinajstić information content (AvgIpc) is 3.01. The first-order valence-corrected chi connectivity index (χ1v) is 7.59. The fourth-order valence-electron chi connectivity index (χ4n) is 2.21. The Morgan fingerprint density at radius 1 is 1.12 bits per heavy atom. The fraction of sp³-hybridized carbons (Fsp3) is 0.176. The molecule has 0 spiro atoms. The molecule has 0 bridgehead atoms. The van der Waals surface area contributed by atoms with E-state index in [0.717, 1.165) is 17.7 Å². The quantitative estimate of drug-likeness (QED) is 0.748. The molecule has 0 saturated heterocycles. The third kappa shape index (κ3) is 3.57. The number of amides is 1. The van der Waals surface area contributed by atoms with Gasteiger partial charge in [0, 0.05) is 11.8 Å². The van der Waals surface area contributed by atoms with Crippen LogP contribution in [0.3, 0.4) is 0 Å². The Balaban J connectivity index is 1.69. The van der Waals surface area contributed by atoms with Crippen LogP contribution >= 0.6 is 0 Å². The molecule has 0 fully saturated rings. The molecule has 3 rings (SSSR count). The molecule has 0 aliphatic rings. The lowest BCUT2D eigenvalue weighted by molar-refractivity contribution is 0.102. The SMILES string of the molecule is CCc1ccccc1NC(=O)c1ccc(Nc2cc(C)on2)nn1. The second-order valence-corrected chi connectivity index (χ2v) is 5.22. The molecular formula is C17H17N5O2. The van der Waals surface area contributed by atoms with Gasteiger partial charge in [0.25, 0.3) is 5.91 Å². The molecule has 2 heterocycles. The molecule has 1 amide bonds. The van der Waals surface area contributed by atoms with Crippen molar-refractivity contribution >= 4 is 23.2 Å². The Hall–Kier alpha value is -3.22. The van der Waals surface area contributed by atoms with Gasteiger partial charge in [0.05, 0.1) is 0 Å². The van der Waals surface area contributed by atoms with Gasteiger partial charge in [-0.05, 0) is 37.1 Å². The number of aryl methyl sites for hydroxylation is 2. The molecule has 0 saturated carbocycles. The van der Waals surface area contributed by atoms with Crippen molar-refractivity contribution in [3.8, 4) is 0 Å². The van der Waals surface area contributed by atoms with Crippen LogP contribution in [0.15, 0.2) is 47.0 Å². The molecule has 1 aromatic carbocycles. The topological polar surface area (TPSA) is 92.9 Å². The maximum absolute atomic E-state index is 12.3. The maximum Gasteiger partial charge on any atom is 0.276 e. The normalized spacial score (nSPS) is 10.4. The molecule has 0 aliphatic heterocycles. The van der Waals surface area contributed by atoms with E-state index in [4.69, 9.17) is 4.52 Å². The highest BCUT2D eigenvalue weighted by Gasteiger charge is 2.11. The van der Waals surface area contributed by atoms with E-state index in [1.807, 2.05) is 31.2 Å². The lowest BCUT2D eigenvalue weighted by Crippen LogP contribution is -2.15. The number of hydrogen-bond donors (Lipinski definition) is 2. The highest BCUT2D eigenvalue weighted by molar-refractivity contribution is 6.03. The highest BCUT2D eigenvalue weighted by atomic mass is 16.5. The van der Waals surface area contributed by atoms with Gasteiger partial charge in [0.2, 0.25) is 0 Å². The monoisotopic (exact) mass is 323 g/mol. The van der Waals surface area contributed by atoms with Gasteiger partial charge in [0.1, 0.15) is 5.76 Å². The van der Waals surface area contributed by atoms with Gasteiger partial charge < -0.3 is 15.2 Å². The molecule has 7 heteroatoms. The Bertz CT molecular complexity index is 842. The zero-order valence-electron chi connectivity index (χ0n) is 13.4. The third-order valence-corrected chi connectivity index (χ3v) is 3.43. The molecule has 2 N–H and O–H groups in total. The Morgan fingerprint density at radius 2 is 1.96 bits per heavy atom. The summed E-state index contributed by atoms with van der Waals surface area (Å²) < 4.78 is 4.96. The summed E-state index contributed by atoms with van der Waals surface area (Å²) in [5, 5.41) is 17.6. The van der Waals surface area contributed by atoms with Gasteiger partial charge in [-0.25, -0.2) is 0 Å². The van der Waals surface area contributed by atoms with Crippen LogP contribution in [0, 0.1) is 6.92 Å². The number of anilines is 3. The smallest absolute Gasteiger partial charge is 0.276 e. The van der Waals surface area contributed by atoms with Gasteiger partial charge in [0.15, 0.2) is 17.3 Å². The van der Waals surface area contributed by atoms with E-state index < -0.39 is 0 Å². The van der Waals surface area contributed by atoms with E-state index in [2.05, 4.69) is 26.0 Å². The lowest BCUT2D eigenvalue weighted by atomic mass is 10.1. The summed E-state index contributed by atoms with van der Waals surface area (Å²) in [6.45, 7) is 3.84. The summed E-state index contributed by atoms with van der Waals surface area (Å²) in [5.74, 6) is 1.41. The van der Waals surface area contributed by atoms with E-state index in [9.17, 15) is 4.79 Å². The number of para-hydroxylation sites is 1. The Morgan fingerprint density at radius 3 is 2.62 bits per heavy atom. The minimum absolute atomic E-state index is 0.239. The van der Waals surface area contributed by atoms with Crippen LogP contribution in [0.1, 0.15) is 28.7 Å². The summed E-state index contributed by atoms with van der Waals surface area (Å²) >= 11 is 0. The third-order valence-electron chi connectivity index (χ3n) is 3.43. The van der Waals surface area contributed by atoms with Crippen LogP contribution in [0.4, 0.5) is 17.3 Å². The van der Waals surface area contributed by atoms with Crippen LogP contribution in [0.5, 0.6) is 0 Å². The summed E-state index contributed by atoms with van der Waals surface area (Å²) in [6, 6.07) is 12.7. The predicted molar refractivity (Wildman–Crippen MR) is 90.3 cm³/mol. The van der Waals surface area contributed by atoms with E-state index in [1.54, 1.807) is 25.1 Å². The van der Waals surface area contributed by atoms with Crippen molar-refractivity contribution in [3.63, 3.8) is 0 Å². The number of hydrogen-bond acceptors (Lipinski definition) is 6. The van der Waals surface area contributed by atoms with Crippen molar-refractivity contribution in [3.05, 3.63) is 59.5 Å². The molecule has 24 heavy (non-hydrogen) atoms. The Labute approximate surface area is 139 Å². The molecule has 2 aromatic heterocycles. The molecule has 0 unspecified atom stereocenters. The second-order valence-electron chi connectivity index (χ2n) is 5.22. The van der Waals surface area contributed by atoms with E-state index in [1.165, 1.54) is 0 Å². The van der Waals surface area contributed by atoms with E-state index >= 15 is 0 Å². The minimum atomic E-state index is -0.299. The standard InChI is InChI=1S/C17H17N5O2/c1-3-12-6-4-5-7-13(12)18-17(23)14-8-9-15(21-20-14)19-16-10-11(2)24-22-16/h4-10H,3H2,1-2H3,(H,18,23)(H,19,21,22). The van der Waals surface area contributed by atoms with E-state index in [0.29, 0.717) is 17.4 Å². The summed E-state index contributed by atoms with van der Waals surface area (Å²) in [7, 11) is 0. The van der Waals surface area contributed by atoms with Crippen molar-refractivity contribution in [1.29, 1.82) is 0 Å². The highest BCUT2D eigenvalue weighted by Crippen LogP contribution is 2.17. The summed E-state index contributed by atoms with van der Waals surface area (Å²) in [4.78, 5) is 12.3. The number of rotatable bonds is 5. The molecule has 7 nitrogen and oxygen atoms in total. The first-order valence-electron chi connectivity index (χ1n) is 7.59. The van der Waals surface area contributed by atoms with Gasteiger partial charge >= 0.3 is 0 Å². The van der Waals surface area contributed by atoms with Gasteiger partial charge in [-0.3, -0.25) is 4.79 Å². The number of carbonyl (C=O) groups excluding carboxylic acids is 1. The van der Waals surface area contributed by atoms with Gasteiger partial charge in [-0.2, -0.15) is 0 Å². The summed E-state index contributed by atoms with van der Waals surface area (Å²) in [5.41, 5.74) is 2.09. The fourth-order valence-corrected chi connectivity index (χ4v) is 2.21. The molecule has 0 aliphatic carbocycles. The van der Waals surface area contributed by atoms with Gasteiger partial charge in [-0.15, -0.1) is 10.2 Å². The average molecular weight is 323 g/mol. The number of nitrogens with zero attached hydrogens (tertiary/aromatic N) is 3. The number of nitrogens with one attached hydrogen (secondary N) is 2. The Kier molecular flexibility index (Phi) is 4.51. The number of aromatic nitrogens is 3. The largest absolute Gasteiger partial charge is 0.360 e. The van der Waals surface area contributed by atoms with E-state index in [-0.39, 0.29) is 11.6 Å². The van der Waals surface area contributed by atoms with Crippen molar-refractivity contribution in [2.45, 2.75) is 20.3 Å². The number of carbonyl (C=O) groups is 1. The van der Waals surface area contributed by atoms with Crippen LogP contribution in [0.25, 0.3) is 0 Å². The minimum Gasteiger partial charge on any atom is -0.360 e. The van der Waals surface area contributed by atoms with Gasteiger partial charge in [-0.1, -0.05) is 30.3 Å². The van der Waals surface area contributed by atoms with Crippen LogP contribution in [-0.4, -0.2) is 21.3 Å². The van der Waals surface area contributed by atoms with Crippen LogP contribution < -0.4 is 10.6 Å². The first kappa shape index (κ1) is 15.7. The van der Waals surface area contributed by atoms with Crippen LogP contribution in [0.2, 0.25) is 0 Å². The summed E-state index contributed by atoms with van der Waals surface area (Å²) in [6.07, 6.45) is 0.835. The zero-order valence-corrected chi connectivity index (χ0v) is 13.4. The molecule has 122 valence electrons. The molecule has 0 atom stereocenters. The first-order chi connectivity index (χ1) is 11.7. The lowest BCUT2D eigenvalue weighted by Gasteiger charge is -2.09. The number of benzene rings is 1.